The highest BCUT2D eigenvalue weighted by Gasteiger charge is 2.47. The van der Waals surface area contributed by atoms with Gasteiger partial charge in [-0.05, 0) is 54.1 Å². The van der Waals surface area contributed by atoms with E-state index in [0.29, 0.717) is 9.64 Å². The lowest BCUT2D eigenvalue weighted by molar-refractivity contribution is 0.277. The number of allylic oxidation sites excluding steroid dienone is 1. The molecule has 0 bridgehead atoms. The van der Waals surface area contributed by atoms with E-state index in [4.69, 9.17) is 9.84 Å². The summed E-state index contributed by atoms with van der Waals surface area (Å²) in [7, 11) is -4.05. The maximum Gasteiger partial charge on any atom is 0.236 e. The molecule has 0 saturated heterocycles. The largest absolute Gasteiger partial charge is 0.463 e. The minimum atomic E-state index is -4.05. The number of benzene rings is 2. The molecular formula is C19H18F3IN2O4S. The maximum absolute atomic E-state index is 14.7. The third kappa shape index (κ3) is 4.83. The lowest BCUT2D eigenvalue weighted by Gasteiger charge is -2.19. The van der Waals surface area contributed by atoms with E-state index in [0.717, 1.165) is 6.26 Å². The zero-order valence-electron chi connectivity index (χ0n) is 15.6. The van der Waals surface area contributed by atoms with Crippen LogP contribution >= 0.6 is 22.6 Å². The number of anilines is 3. The van der Waals surface area contributed by atoms with Gasteiger partial charge in [0.1, 0.15) is 17.2 Å². The van der Waals surface area contributed by atoms with Crippen molar-refractivity contribution in [3.8, 4) is 5.75 Å². The monoisotopic (exact) mass is 554 g/mol. The fourth-order valence-electron chi connectivity index (χ4n) is 2.79. The van der Waals surface area contributed by atoms with Crippen molar-refractivity contribution >= 4 is 49.7 Å². The highest BCUT2D eigenvalue weighted by atomic mass is 127. The van der Waals surface area contributed by atoms with Crippen LogP contribution in [0.15, 0.2) is 36.6 Å². The number of nitrogens with one attached hydrogen (secondary N) is 2. The second kappa shape index (κ2) is 9.02. The van der Waals surface area contributed by atoms with Gasteiger partial charge in [0.25, 0.3) is 0 Å². The highest BCUT2D eigenvalue weighted by molar-refractivity contribution is 14.1. The first-order valence-corrected chi connectivity index (χ1v) is 11.4. The molecule has 0 aliphatic heterocycles. The normalized spacial score (nSPS) is 18.5. The number of aliphatic hydroxyl groups excluding tert-OH is 1. The molecule has 2 unspecified atom stereocenters. The average molecular weight is 554 g/mol. The number of sulfonamides is 1. The summed E-state index contributed by atoms with van der Waals surface area (Å²) in [4.78, 5) is 0. The van der Waals surface area contributed by atoms with Gasteiger partial charge in [-0.2, -0.15) is 0 Å². The zero-order valence-corrected chi connectivity index (χ0v) is 18.6. The van der Waals surface area contributed by atoms with Gasteiger partial charge in [-0.3, -0.25) is 4.72 Å². The second-order valence-corrected chi connectivity index (χ2v) is 9.77. The first kappa shape index (κ1) is 22.7. The average Bonchev–Trinajstić information content (AvgIpc) is 3.49. The van der Waals surface area contributed by atoms with Crippen LogP contribution in [0, 0.1) is 26.9 Å². The Morgan fingerprint density at radius 2 is 1.97 bits per heavy atom. The summed E-state index contributed by atoms with van der Waals surface area (Å²) in [6.45, 7) is 1.30. The van der Waals surface area contributed by atoms with Crippen LogP contribution in [0.2, 0.25) is 0 Å². The van der Waals surface area contributed by atoms with Crippen LogP contribution in [-0.2, 0) is 10.0 Å². The van der Waals surface area contributed by atoms with Crippen molar-refractivity contribution in [2.24, 2.45) is 5.92 Å². The Hall–Kier alpha value is -1.99. The van der Waals surface area contributed by atoms with Crippen molar-refractivity contribution in [1.82, 2.24) is 0 Å². The first-order chi connectivity index (χ1) is 14.2. The molecule has 6 nitrogen and oxygen atoms in total. The molecule has 1 aliphatic carbocycles. The first-order valence-electron chi connectivity index (χ1n) is 8.82. The standard InChI is InChI=1S/C19H18F3IN2O4S/c1-2-5-29-15-8-13(21)17(22)19(24-14-4-3-11(23)7-12(14)20)18(15)25-30(27,28)16-6-10(16)9-26/h2-5,7-8,10,16,24-26H,6,9H2,1H3/b5-2-. The number of aliphatic hydroxyl groups is 1. The molecule has 30 heavy (non-hydrogen) atoms. The summed E-state index contributed by atoms with van der Waals surface area (Å²) in [5.74, 6) is -4.22. The zero-order chi connectivity index (χ0) is 22.1. The van der Waals surface area contributed by atoms with Gasteiger partial charge in [0.05, 0.1) is 17.2 Å². The molecule has 0 radical (unpaired) electrons. The van der Waals surface area contributed by atoms with E-state index in [1.165, 1.54) is 18.2 Å². The van der Waals surface area contributed by atoms with Crippen LogP contribution in [0.25, 0.3) is 0 Å². The third-order valence-electron chi connectivity index (χ3n) is 4.44. The minimum absolute atomic E-state index is 0.183. The second-order valence-electron chi connectivity index (χ2n) is 6.62. The van der Waals surface area contributed by atoms with Crippen LogP contribution in [0.5, 0.6) is 5.75 Å². The molecule has 0 heterocycles. The van der Waals surface area contributed by atoms with Gasteiger partial charge in [-0.1, -0.05) is 6.08 Å². The van der Waals surface area contributed by atoms with Crippen molar-refractivity contribution in [3.63, 3.8) is 0 Å². The summed E-state index contributed by atoms with van der Waals surface area (Å²) >= 11 is 1.89. The minimum Gasteiger partial charge on any atom is -0.463 e. The quantitative estimate of drug-likeness (QED) is 0.331. The predicted molar refractivity (Wildman–Crippen MR) is 116 cm³/mol. The number of hydrogen-bond acceptors (Lipinski definition) is 5. The van der Waals surface area contributed by atoms with Gasteiger partial charge >= 0.3 is 0 Å². The molecule has 1 saturated carbocycles. The fourth-order valence-corrected chi connectivity index (χ4v) is 4.98. The van der Waals surface area contributed by atoms with Gasteiger partial charge in [0, 0.05) is 22.2 Å². The summed E-state index contributed by atoms with van der Waals surface area (Å²) in [5.41, 5.74) is -1.22. The molecule has 1 aliphatic rings. The molecule has 2 aromatic carbocycles. The summed E-state index contributed by atoms with van der Waals surface area (Å²) in [6.07, 6.45) is 2.86. The molecule has 1 fully saturated rings. The molecular weight excluding hydrogens is 536 g/mol. The molecule has 2 atom stereocenters. The van der Waals surface area contributed by atoms with E-state index in [1.807, 2.05) is 22.6 Å². The van der Waals surface area contributed by atoms with Gasteiger partial charge < -0.3 is 15.2 Å². The van der Waals surface area contributed by atoms with Crippen LogP contribution < -0.4 is 14.8 Å². The number of hydrogen-bond donors (Lipinski definition) is 3. The molecule has 11 heteroatoms. The van der Waals surface area contributed by atoms with E-state index >= 15 is 0 Å². The maximum atomic E-state index is 14.7. The van der Waals surface area contributed by atoms with E-state index in [1.54, 1.807) is 13.0 Å². The number of ether oxygens (including phenoxy) is 1. The number of rotatable bonds is 8. The Kier molecular flexibility index (Phi) is 6.82. The van der Waals surface area contributed by atoms with E-state index in [9.17, 15) is 21.6 Å². The van der Waals surface area contributed by atoms with Crippen molar-refractivity contribution in [1.29, 1.82) is 0 Å². The highest BCUT2D eigenvalue weighted by Crippen LogP contribution is 2.43. The summed E-state index contributed by atoms with van der Waals surface area (Å²) < 4.78 is 76.5. The predicted octanol–water partition coefficient (Wildman–Crippen LogP) is 4.49. The van der Waals surface area contributed by atoms with Crippen molar-refractivity contribution in [3.05, 3.63) is 57.6 Å². The van der Waals surface area contributed by atoms with Gasteiger partial charge in [0.2, 0.25) is 10.0 Å². The van der Waals surface area contributed by atoms with Gasteiger partial charge in [0.15, 0.2) is 17.4 Å². The van der Waals surface area contributed by atoms with Crippen LogP contribution in [0.3, 0.4) is 0 Å². The van der Waals surface area contributed by atoms with Crippen LogP contribution in [-0.4, -0.2) is 25.4 Å². The number of halogens is 4. The van der Waals surface area contributed by atoms with E-state index < -0.39 is 50.0 Å². The lowest BCUT2D eigenvalue weighted by atomic mass is 10.2. The molecule has 162 valence electrons. The van der Waals surface area contributed by atoms with Gasteiger partial charge in [-0.25, -0.2) is 21.6 Å². The summed E-state index contributed by atoms with van der Waals surface area (Å²) in [5, 5.41) is 10.7. The van der Waals surface area contributed by atoms with Crippen molar-refractivity contribution in [2.75, 3.05) is 16.6 Å². The van der Waals surface area contributed by atoms with E-state index in [-0.39, 0.29) is 24.5 Å². The molecule has 3 N–H and O–H groups in total. The summed E-state index contributed by atoms with van der Waals surface area (Å²) in [6, 6.07) is 4.73. The Bertz CT molecular complexity index is 1100. The third-order valence-corrected chi connectivity index (χ3v) is 6.97. The Balaban J connectivity index is 2.10. The topological polar surface area (TPSA) is 87.7 Å². The van der Waals surface area contributed by atoms with E-state index in [2.05, 4.69) is 10.0 Å². The van der Waals surface area contributed by atoms with Crippen LogP contribution in [0.4, 0.5) is 30.2 Å². The Morgan fingerprint density at radius 3 is 2.57 bits per heavy atom. The molecule has 0 amide bonds. The van der Waals surface area contributed by atoms with Crippen molar-refractivity contribution < 1.29 is 31.4 Å². The molecule has 0 aromatic heterocycles. The SMILES string of the molecule is C/C=C\Oc1cc(F)c(F)c(Nc2ccc(I)cc2F)c1NS(=O)(=O)C1CC1CO. The van der Waals surface area contributed by atoms with Crippen LogP contribution in [0.1, 0.15) is 13.3 Å². The fraction of sp³-hybridized carbons (Fsp3) is 0.263. The smallest absolute Gasteiger partial charge is 0.236 e. The Labute approximate surface area is 185 Å². The Morgan fingerprint density at radius 1 is 1.23 bits per heavy atom. The molecule has 3 rings (SSSR count). The molecule has 0 spiro atoms. The lowest BCUT2D eigenvalue weighted by Crippen LogP contribution is -2.21. The van der Waals surface area contributed by atoms with Gasteiger partial charge in [-0.15, -0.1) is 0 Å². The van der Waals surface area contributed by atoms with Crippen molar-refractivity contribution in [2.45, 2.75) is 18.6 Å². The molecule has 2 aromatic rings.